The van der Waals surface area contributed by atoms with Crippen LogP contribution in [0.5, 0.6) is 0 Å². The third-order valence-corrected chi connectivity index (χ3v) is 3.82. The molecule has 0 aliphatic rings. The SMILES string of the molecule is CCn1cc(Br)c(C(C)=NNC(=O)C(C)n2ccc(C)n2)n1. The number of hydrogen-bond acceptors (Lipinski definition) is 4. The zero-order valence-electron chi connectivity index (χ0n) is 13.0. The largest absolute Gasteiger partial charge is 0.271 e. The van der Waals surface area contributed by atoms with Crippen LogP contribution in [-0.4, -0.2) is 31.2 Å². The molecule has 118 valence electrons. The molecular weight excluding hydrogens is 348 g/mol. The van der Waals surface area contributed by atoms with E-state index in [-0.39, 0.29) is 5.91 Å². The smallest absolute Gasteiger partial charge is 0.264 e. The van der Waals surface area contributed by atoms with Gasteiger partial charge in [-0.2, -0.15) is 15.3 Å². The van der Waals surface area contributed by atoms with Gasteiger partial charge in [0.2, 0.25) is 0 Å². The Balaban J connectivity index is 2.06. The Labute approximate surface area is 137 Å². The quantitative estimate of drug-likeness (QED) is 0.651. The number of carbonyl (C=O) groups excluding carboxylic acids is 1. The summed E-state index contributed by atoms with van der Waals surface area (Å²) < 4.78 is 4.26. The summed E-state index contributed by atoms with van der Waals surface area (Å²) in [6.45, 7) is 8.23. The first-order valence-electron chi connectivity index (χ1n) is 7.01. The third-order valence-electron chi connectivity index (χ3n) is 3.24. The van der Waals surface area contributed by atoms with Gasteiger partial charge in [-0.15, -0.1) is 0 Å². The van der Waals surface area contributed by atoms with Crippen molar-refractivity contribution in [1.29, 1.82) is 0 Å². The second-order valence-electron chi connectivity index (χ2n) is 4.97. The zero-order valence-corrected chi connectivity index (χ0v) is 14.6. The Hall–Kier alpha value is -1.96. The molecule has 1 unspecified atom stereocenters. The van der Waals surface area contributed by atoms with E-state index in [1.165, 1.54) is 0 Å². The number of rotatable bonds is 5. The monoisotopic (exact) mass is 366 g/mol. The van der Waals surface area contributed by atoms with Gasteiger partial charge in [-0.25, -0.2) is 5.43 Å². The number of carbonyl (C=O) groups is 1. The zero-order chi connectivity index (χ0) is 16.3. The van der Waals surface area contributed by atoms with Crippen molar-refractivity contribution < 1.29 is 4.79 Å². The van der Waals surface area contributed by atoms with Crippen molar-refractivity contribution in [1.82, 2.24) is 25.0 Å². The molecule has 0 aromatic carbocycles. The molecule has 2 aromatic rings. The lowest BCUT2D eigenvalue weighted by Crippen LogP contribution is -2.28. The molecule has 1 N–H and O–H groups in total. The maximum Gasteiger partial charge on any atom is 0.264 e. The molecule has 8 heteroatoms. The summed E-state index contributed by atoms with van der Waals surface area (Å²) in [4.78, 5) is 12.1. The molecule has 1 atom stereocenters. The number of halogens is 1. The number of nitrogens with one attached hydrogen (secondary N) is 1. The average molecular weight is 367 g/mol. The molecule has 22 heavy (non-hydrogen) atoms. The molecule has 0 fully saturated rings. The van der Waals surface area contributed by atoms with Crippen LogP contribution >= 0.6 is 15.9 Å². The van der Waals surface area contributed by atoms with Gasteiger partial charge in [-0.05, 0) is 49.7 Å². The first-order valence-corrected chi connectivity index (χ1v) is 7.81. The summed E-state index contributed by atoms with van der Waals surface area (Å²) in [6, 6.07) is 1.43. The van der Waals surface area contributed by atoms with E-state index in [9.17, 15) is 4.79 Å². The molecule has 2 heterocycles. The maximum atomic E-state index is 12.1. The van der Waals surface area contributed by atoms with E-state index in [0.717, 1.165) is 16.7 Å². The lowest BCUT2D eigenvalue weighted by atomic mass is 10.3. The van der Waals surface area contributed by atoms with Crippen LogP contribution in [0.2, 0.25) is 0 Å². The lowest BCUT2D eigenvalue weighted by molar-refractivity contribution is -0.124. The third kappa shape index (κ3) is 3.62. The second kappa shape index (κ2) is 6.87. The molecule has 1 amide bonds. The topological polar surface area (TPSA) is 77.1 Å². The maximum absolute atomic E-state index is 12.1. The van der Waals surface area contributed by atoms with Crippen molar-refractivity contribution in [2.24, 2.45) is 5.10 Å². The lowest BCUT2D eigenvalue weighted by Gasteiger charge is -2.10. The fourth-order valence-electron chi connectivity index (χ4n) is 1.86. The standard InChI is InChI=1S/C14H19BrN6O/c1-5-20-8-12(15)13(19-20)10(3)16-17-14(22)11(4)21-7-6-9(2)18-21/h6-8,11H,5H2,1-4H3,(H,17,22). The van der Waals surface area contributed by atoms with Crippen molar-refractivity contribution in [3.63, 3.8) is 0 Å². The molecular formula is C14H19BrN6O. The van der Waals surface area contributed by atoms with Crippen LogP contribution < -0.4 is 5.43 Å². The minimum absolute atomic E-state index is 0.228. The van der Waals surface area contributed by atoms with Crippen LogP contribution in [0.25, 0.3) is 0 Å². The fourth-order valence-corrected chi connectivity index (χ4v) is 2.46. The minimum atomic E-state index is -0.429. The van der Waals surface area contributed by atoms with Gasteiger partial charge >= 0.3 is 0 Å². The highest BCUT2D eigenvalue weighted by Crippen LogP contribution is 2.15. The van der Waals surface area contributed by atoms with Gasteiger partial charge in [0.25, 0.3) is 5.91 Å². The Bertz CT molecular complexity index is 702. The summed E-state index contributed by atoms with van der Waals surface area (Å²) >= 11 is 3.44. The van der Waals surface area contributed by atoms with Gasteiger partial charge in [0, 0.05) is 18.9 Å². The molecule has 2 rings (SSSR count). The van der Waals surface area contributed by atoms with Crippen LogP contribution in [0.4, 0.5) is 0 Å². The van der Waals surface area contributed by atoms with E-state index in [1.54, 1.807) is 29.4 Å². The number of hydrogen-bond donors (Lipinski definition) is 1. The van der Waals surface area contributed by atoms with Gasteiger partial charge in [0.05, 0.1) is 15.9 Å². The van der Waals surface area contributed by atoms with Gasteiger partial charge in [-0.3, -0.25) is 14.2 Å². The van der Waals surface area contributed by atoms with Gasteiger partial charge in [-0.1, -0.05) is 0 Å². The predicted molar refractivity (Wildman–Crippen MR) is 87.6 cm³/mol. The number of amides is 1. The molecule has 2 aromatic heterocycles. The average Bonchev–Trinajstić information content (AvgIpc) is 3.09. The van der Waals surface area contributed by atoms with Crippen molar-refractivity contribution >= 4 is 27.5 Å². The predicted octanol–water partition coefficient (Wildman–Crippen LogP) is 2.27. The van der Waals surface area contributed by atoms with E-state index < -0.39 is 6.04 Å². The van der Waals surface area contributed by atoms with Crippen LogP contribution in [0.15, 0.2) is 28.0 Å². The van der Waals surface area contributed by atoms with E-state index in [4.69, 9.17) is 0 Å². The van der Waals surface area contributed by atoms with Gasteiger partial charge < -0.3 is 0 Å². The Morgan fingerprint density at radius 2 is 2.23 bits per heavy atom. The van der Waals surface area contributed by atoms with Crippen molar-refractivity contribution in [2.45, 2.75) is 40.3 Å². The molecule has 0 saturated carbocycles. The number of hydrazone groups is 1. The minimum Gasteiger partial charge on any atom is -0.271 e. The second-order valence-corrected chi connectivity index (χ2v) is 5.82. The number of aromatic nitrogens is 4. The summed E-state index contributed by atoms with van der Waals surface area (Å²) in [5.41, 5.74) is 4.78. The molecule has 0 saturated heterocycles. The molecule has 0 spiro atoms. The molecule has 7 nitrogen and oxygen atoms in total. The number of aryl methyl sites for hydroxylation is 2. The molecule has 0 aliphatic heterocycles. The van der Waals surface area contributed by atoms with E-state index in [1.807, 2.05) is 26.1 Å². The first-order chi connectivity index (χ1) is 10.4. The Morgan fingerprint density at radius 3 is 2.77 bits per heavy atom. The summed E-state index contributed by atoms with van der Waals surface area (Å²) in [5, 5.41) is 12.7. The van der Waals surface area contributed by atoms with Crippen LogP contribution in [0, 0.1) is 6.92 Å². The normalized spacial score (nSPS) is 13.2. The number of nitrogens with zero attached hydrogens (tertiary/aromatic N) is 5. The van der Waals surface area contributed by atoms with Gasteiger partial charge in [0.1, 0.15) is 11.7 Å². The summed E-state index contributed by atoms with van der Waals surface area (Å²) in [5.74, 6) is -0.228. The van der Waals surface area contributed by atoms with Crippen molar-refractivity contribution in [2.75, 3.05) is 0 Å². The Kier molecular flexibility index (Phi) is 5.12. The van der Waals surface area contributed by atoms with Crippen molar-refractivity contribution in [3.8, 4) is 0 Å². The highest BCUT2D eigenvalue weighted by Gasteiger charge is 2.16. The van der Waals surface area contributed by atoms with Gasteiger partial charge in [0.15, 0.2) is 0 Å². The van der Waals surface area contributed by atoms with Crippen LogP contribution in [0.3, 0.4) is 0 Å². The molecule has 0 radical (unpaired) electrons. The van der Waals surface area contributed by atoms with E-state index in [2.05, 4.69) is 36.7 Å². The Morgan fingerprint density at radius 1 is 1.50 bits per heavy atom. The van der Waals surface area contributed by atoms with Crippen LogP contribution in [-0.2, 0) is 11.3 Å². The van der Waals surface area contributed by atoms with Crippen LogP contribution in [0.1, 0.15) is 38.2 Å². The van der Waals surface area contributed by atoms with E-state index >= 15 is 0 Å². The molecule has 0 aliphatic carbocycles. The highest BCUT2D eigenvalue weighted by atomic mass is 79.9. The summed E-state index contributed by atoms with van der Waals surface area (Å²) in [6.07, 6.45) is 3.65. The summed E-state index contributed by atoms with van der Waals surface area (Å²) in [7, 11) is 0. The molecule has 0 bridgehead atoms. The van der Waals surface area contributed by atoms with Crippen molar-refractivity contribution in [3.05, 3.63) is 34.3 Å². The highest BCUT2D eigenvalue weighted by molar-refractivity contribution is 9.10. The van der Waals surface area contributed by atoms with E-state index in [0.29, 0.717) is 11.4 Å². The fraction of sp³-hybridized carbons (Fsp3) is 0.429. The first kappa shape index (κ1) is 16.4.